The van der Waals surface area contributed by atoms with Crippen molar-refractivity contribution in [1.29, 1.82) is 0 Å². The monoisotopic (exact) mass is 370 g/mol. The fourth-order valence-corrected chi connectivity index (χ4v) is 3.04. The maximum Gasteiger partial charge on any atom is 0.130 e. The maximum atomic E-state index is 6.31. The lowest BCUT2D eigenvalue weighted by Gasteiger charge is -2.18. The molecule has 2 rings (SSSR count). The second kappa shape index (κ2) is 6.48. The van der Waals surface area contributed by atoms with Gasteiger partial charge in [-0.1, -0.05) is 39.7 Å². The molecule has 21 heavy (non-hydrogen) atoms. The van der Waals surface area contributed by atoms with Crippen molar-refractivity contribution in [3.63, 3.8) is 0 Å². The number of halogens is 2. The van der Waals surface area contributed by atoms with Gasteiger partial charge in [-0.05, 0) is 43.9 Å². The summed E-state index contributed by atoms with van der Waals surface area (Å²) in [5.74, 6) is 5.77. The summed E-state index contributed by atoms with van der Waals surface area (Å²) in [5, 5.41) is 5.01. The van der Waals surface area contributed by atoms with Gasteiger partial charge in [0.15, 0.2) is 0 Å². The van der Waals surface area contributed by atoms with E-state index < -0.39 is 0 Å². The average Bonchev–Trinajstić information content (AvgIpc) is 2.67. The lowest BCUT2D eigenvalue weighted by Crippen LogP contribution is -2.30. The predicted octanol–water partition coefficient (Wildman–Crippen LogP) is 3.51. The summed E-state index contributed by atoms with van der Waals surface area (Å²) >= 11 is 9.91. The van der Waals surface area contributed by atoms with Gasteiger partial charge in [0.05, 0.1) is 11.7 Å². The van der Waals surface area contributed by atoms with E-state index in [1.807, 2.05) is 14.0 Å². The third-order valence-corrected chi connectivity index (χ3v) is 5.46. The van der Waals surface area contributed by atoms with Crippen LogP contribution >= 0.6 is 27.5 Å². The van der Waals surface area contributed by atoms with Crippen LogP contribution in [0.15, 0.2) is 16.6 Å². The largest absolute Gasteiger partial charge is 0.271 e. The van der Waals surface area contributed by atoms with Crippen molar-refractivity contribution in [2.45, 2.75) is 33.2 Å². The Labute approximate surface area is 138 Å². The summed E-state index contributed by atoms with van der Waals surface area (Å²) in [6, 6.07) is 4.28. The minimum absolute atomic E-state index is 0.00380. The predicted molar refractivity (Wildman–Crippen MR) is 90.3 cm³/mol. The van der Waals surface area contributed by atoms with Gasteiger partial charge in [-0.3, -0.25) is 16.0 Å². The van der Waals surface area contributed by atoms with Crippen LogP contribution in [-0.4, -0.2) is 9.78 Å². The number of hydrogen-bond acceptors (Lipinski definition) is 3. The van der Waals surface area contributed by atoms with Crippen LogP contribution in [0.2, 0.25) is 5.15 Å². The number of aryl methyl sites for hydroxylation is 4. The minimum Gasteiger partial charge on any atom is -0.271 e. The Morgan fingerprint density at radius 1 is 1.33 bits per heavy atom. The number of hydrazine groups is 1. The Hall–Kier alpha value is -0.880. The van der Waals surface area contributed by atoms with Crippen molar-refractivity contribution < 1.29 is 0 Å². The Morgan fingerprint density at radius 2 is 1.90 bits per heavy atom. The number of rotatable bonds is 4. The van der Waals surface area contributed by atoms with Crippen LogP contribution in [0.25, 0.3) is 0 Å². The number of aromatic nitrogens is 2. The van der Waals surface area contributed by atoms with Gasteiger partial charge in [-0.25, -0.2) is 0 Å². The van der Waals surface area contributed by atoms with Gasteiger partial charge in [0.2, 0.25) is 0 Å². The lowest BCUT2D eigenvalue weighted by atomic mass is 9.96. The molecule has 114 valence electrons. The van der Waals surface area contributed by atoms with E-state index in [1.165, 1.54) is 11.1 Å². The smallest absolute Gasteiger partial charge is 0.130 e. The number of nitrogens with zero attached hydrogens (tertiary/aromatic N) is 2. The molecule has 0 amide bonds. The first kappa shape index (κ1) is 16.5. The summed E-state index contributed by atoms with van der Waals surface area (Å²) in [6.07, 6.45) is 0.704. The second-order valence-electron chi connectivity index (χ2n) is 5.37. The van der Waals surface area contributed by atoms with Gasteiger partial charge in [0.1, 0.15) is 5.15 Å². The Kier molecular flexibility index (Phi) is 5.09. The highest BCUT2D eigenvalue weighted by Gasteiger charge is 2.19. The van der Waals surface area contributed by atoms with E-state index in [4.69, 9.17) is 17.4 Å². The molecule has 0 aliphatic rings. The summed E-state index contributed by atoms with van der Waals surface area (Å²) in [4.78, 5) is 0. The standard InChI is InChI=1S/C15H20BrClN4/c1-8-5-11(6-9(2)14(8)16)13(19-18)7-12-10(3)20-21(4)15(12)17/h5-6,13,19H,7,18H2,1-4H3. The van der Waals surface area contributed by atoms with Crippen LogP contribution in [0, 0.1) is 20.8 Å². The van der Waals surface area contributed by atoms with E-state index in [-0.39, 0.29) is 6.04 Å². The molecular weight excluding hydrogens is 352 g/mol. The third kappa shape index (κ3) is 3.31. The molecule has 0 aliphatic heterocycles. The van der Waals surface area contributed by atoms with Gasteiger partial charge in [-0.15, -0.1) is 0 Å². The molecule has 0 aliphatic carbocycles. The van der Waals surface area contributed by atoms with Crippen LogP contribution in [0.4, 0.5) is 0 Å². The van der Waals surface area contributed by atoms with Crippen molar-refractivity contribution >= 4 is 27.5 Å². The summed E-state index contributed by atoms with van der Waals surface area (Å²) in [5.41, 5.74) is 8.40. The van der Waals surface area contributed by atoms with Gasteiger partial charge in [-0.2, -0.15) is 5.10 Å². The van der Waals surface area contributed by atoms with Gasteiger partial charge in [0, 0.05) is 17.1 Å². The molecule has 1 aromatic heterocycles. The summed E-state index contributed by atoms with van der Waals surface area (Å²) in [7, 11) is 1.84. The molecule has 0 saturated heterocycles. The van der Waals surface area contributed by atoms with Crippen LogP contribution in [-0.2, 0) is 13.5 Å². The third-order valence-electron chi connectivity index (χ3n) is 3.74. The minimum atomic E-state index is -0.00380. The Bertz CT molecular complexity index is 643. The van der Waals surface area contributed by atoms with Gasteiger partial charge in [0.25, 0.3) is 0 Å². The Balaban J connectivity index is 2.36. The lowest BCUT2D eigenvalue weighted by molar-refractivity contribution is 0.550. The number of nitrogens with two attached hydrogens (primary N) is 1. The normalized spacial score (nSPS) is 12.7. The van der Waals surface area contributed by atoms with Crippen LogP contribution < -0.4 is 11.3 Å². The topological polar surface area (TPSA) is 55.9 Å². The number of nitrogens with one attached hydrogen (secondary N) is 1. The zero-order valence-corrected chi connectivity index (χ0v) is 15.0. The summed E-state index contributed by atoms with van der Waals surface area (Å²) < 4.78 is 2.83. The van der Waals surface area contributed by atoms with E-state index in [9.17, 15) is 0 Å². The van der Waals surface area contributed by atoms with E-state index >= 15 is 0 Å². The molecule has 0 spiro atoms. The molecule has 1 aromatic carbocycles. The first-order valence-electron chi connectivity index (χ1n) is 6.75. The zero-order valence-electron chi connectivity index (χ0n) is 12.7. The maximum absolute atomic E-state index is 6.31. The fraction of sp³-hybridized carbons (Fsp3) is 0.400. The van der Waals surface area contributed by atoms with Crippen molar-refractivity contribution in [3.8, 4) is 0 Å². The first-order chi connectivity index (χ1) is 9.85. The van der Waals surface area contributed by atoms with E-state index in [0.717, 1.165) is 21.3 Å². The molecule has 4 nitrogen and oxygen atoms in total. The molecule has 2 aromatic rings. The van der Waals surface area contributed by atoms with Crippen molar-refractivity contribution in [2.24, 2.45) is 12.9 Å². The van der Waals surface area contributed by atoms with Crippen molar-refractivity contribution in [3.05, 3.63) is 49.7 Å². The Morgan fingerprint density at radius 3 is 2.33 bits per heavy atom. The van der Waals surface area contributed by atoms with Crippen LogP contribution in [0.3, 0.4) is 0 Å². The average molecular weight is 372 g/mol. The molecule has 0 saturated carbocycles. The molecule has 6 heteroatoms. The van der Waals surface area contributed by atoms with E-state index in [0.29, 0.717) is 11.6 Å². The van der Waals surface area contributed by atoms with Crippen molar-refractivity contribution in [2.75, 3.05) is 0 Å². The highest BCUT2D eigenvalue weighted by atomic mass is 79.9. The first-order valence-corrected chi connectivity index (χ1v) is 7.93. The molecule has 1 unspecified atom stereocenters. The van der Waals surface area contributed by atoms with Crippen molar-refractivity contribution in [1.82, 2.24) is 15.2 Å². The zero-order chi connectivity index (χ0) is 15.7. The molecule has 1 heterocycles. The molecule has 0 bridgehead atoms. The summed E-state index contributed by atoms with van der Waals surface area (Å²) in [6.45, 7) is 6.12. The fourth-order valence-electron chi connectivity index (χ4n) is 2.56. The quantitative estimate of drug-likeness (QED) is 0.639. The molecule has 1 atom stereocenters. The molecule has 0 fully saturated rings. The SMILES string of the molecule is Cc1cc(C(Cc2c(C)nn(C)c2Cl)NN)cc(C)c1Br. The molecule has 3 N–H and O–H groups in total. The number of benzene rings is 1. The number of hydrogen-bond donors (Lipinski definition) is 2. The second-order valence-corrected chi connectivity index (χ2v) is 6.52. The molecular formula is C15H20BrClN4. The molecule has 0 radical (unpaired) electrons. The van der Waals surface area contributed by atoms with E-state index in [2.05, 4.69) is 52.4 Å². The van der Waals surface area contributed by atoms with E-state index in [1.54, 1.807) is 4.68 Å². The van der Waals surface area contributed by atoms with Crippen LogP contribution in [0.5, 0.6) is 0 Å². The van der Waals surface area contributed by atoms with Crippen LogP contribution in [0.1, 0.15) is 34.0 Å². The highest BCUT2D eigenvalue weighted by Crippen LogP contribution is 2.29. The highest BCUT2D eigenvalue weighted by molar-refractivity contribution is 9.10. The van der Waals surface area contributed by atoms with Gasteiger partial charge < -0.3 is 0 Å². The van der Waals surface area contributed by atoms with Gasteiger partial charge >= 0.3 is 0 Å².